The molecule has 0 aromatic heterocycles. The summed E-state index contributed by atoms with van der Waals surface area (Å²) in [6, 6.07) is 0. The normalized spacial score (nSPS) is 7.20. The Morgan fingerprint density at radius 2 is 1.00 bits per heavy atom. The molecule has 1 radical (unpaired) electrons. The molecule has 0 saturated heterocycles. The number of rotatable bonds is 0. The zero-order valence-electron chi connectivity index (χ0n) is 2.58. The summed E-state index contributed by atoms with van der Waals surface area (Å²) in [7, 11) is 14.9. The predicted molar refractivity (Wildman–Crippen MR) is 29.1 cm³/mol. The largest absolute Gasteiger partial charge is 0 e. The van der Waals surface area contributed by atoms with E-state index in [1.54, 1.807) is 0 Å². The van der Waals surface area contributed by atoms with Gasteiger partial charge in [0.1, 0.15) is 0 Å². The van der Waals surface area contributed by atoms with Crippen LogP contribution in [0.15, 0.2) is 0 Å². The second-order valence-corrected chi connectivity index (χ2v) is 8.96. The summed E-state index contributed by atoms with van der Waals surface area (Å²) in [5.74, 6) is 0. The van der Waals surface area contributed by atoms with Crippen molar-refractivity contribution in [1.82, 2.24) is 0 Å². The molecular formula is AsCl3Na. The van der Waals surface area contributed by atoms with E-state index >= 15 is 0 Å². The maximum atomic E-state index is 4.95. The molecule has 0 aliphatic heterocycles. The van der Waals surface area contributed by atoms with E-state index in [9.17, 15) is 0 Å². The van der Waals surface area contributed by atoms with Gasteiger partial charge in [-0.3, -0.25) is 0 Å². The van der Waals surface area contributed by atoms with Gasteiger partial charge in [-0.05, 0) is 0 Å². The molecule has 0 aliphatic carbocycles. The minimum Gasteiger partial charge on any atom is 0 e. The Morgan fingerprint density at radius 1 is 1.00 bits per heavy atom. The molecule has 0 heterocycles. The summed E-state index contributed by atoms with van der Waals surface area (Å²) >= 11 is -1.77. The van der Waals surface area contributed by atoms with Crippen LogP contribution in [-0.4, -0.2) is 41.4 Å². The minimum absolute atomic E-state index is 0. The first-order valence-electron chi connectivity index (χ1n) is 0.507. The fourth-order valence-corrected chi connectivity index (χ4v) is 0. The predicted octanol–water partition coefficient (Wildman–Crippen LogP) is 1.31. The standard InChI is InChI=1S/AsCl3.Na/c2-1(3)4;. The monoisotopic (exact) mass is 203 g/mol. The molecule has 0 amide bonds. The van der Waals surface area contributed by atoms with Crippen molar-refractivity contribution in [3.8, 4) is 0 Å². The van der Waals surface area contributed by atoms with Gasteiger partial charge in [-0.25, -0.2) is 0 Å². The molecule has 0 N–H and O–H groups in total. The Bertz CT molecular complexity index is 11.6. The van der Waals surface area contributed by atoms with Crippen molar-refractivity contribution in [2.24, 2.45) is 0 Å². The van der Waals surface area contributed by atoms with Crippen molar-refractivity contribution in [3.05, 3.63) is 0 Å². The van der Waals surface area contributed by atoms with E-state index in [4.69, 9.17) is 29.8 Å². The third-order valence-corrected chi connectivity index (χ3v) is 0. The van der Waals surface area contributed by atoms with Crippen LogP contribution in [0.2, 0.25) is 0 Å². The van der Waals surface area contributed by atoms with Gasteiger partial charge in [-0.2, -0.15) is 0 Å². The van der Waals surface area contributed by atoms with Crippen LogP contribution in [0, 0.1) is 0 Å². The second-order valence-electron chi connectivity index (χ2n) is 0.192. The SMILES string of the molecule is Cl[As](Cl)Cl.[Na]. The molecule has 5 heavy (non-hydrogen) atoms. The van der Waals surface area contributed by atoms with Crippen molar-refractivity contribution in [2.45, 2.75) is 0 Å². The first-order chi connectivity index (χ1) is 1.73. The van der Waals surface area contributed by atoms with Crippen LogP contribution in [0.3, 0.4) is 0 Å². The number of halogens is 3. The van der Waals surface area contributed by atoms with Crippen molar-refractivity contribution < 1.29 is 0 Å². The Balaban J connectivity index is 0. The smallest absolute Gasteiger partial charge is 0 e. The molecule has 0 rings (SSSR count). The second kappa shape index (κ2) is 6.43. The van der Waals surface area contributed by atoms with Crippen molar-refractivity contribution in [2.75, 3.05) is 0 Å². The molecule has 0 atom stereocenters. The molecule has 0 spiro atoms. The van der Waals surface area contributed by atoms with E-state index < -0.39 is 11.8 Å². The third kappa shape index (κ3) is 21.4. The van der Waals surface area contributed by atoms with Crippen LogP contribution in [-0.2, 0) is 0 Å². The first kappa shape index (κ1) is 10.4. The summed E-state index contributed by atoms with van der Waals surface area (Å²) < 4.78 is 0. The maximum absolute atomic E-state index is 4.95. The molecule has 0 aromatic carbocycles. The summed E-state index contributed by atoms with van der Waals surface area (Å²) in [6.45, 7) is 0. The molecule has 0 aromatic rings. The number of hydrogen-bond donors (Lipinski definition) is 0. The van der Waals surface area contributed by atoms with Gasteiger partial charge in [0.15, 0.2) is 0 Å². The van der Waals surface area contributed by atoms with Crippen LogP contribution in [0.5, 0.6) is 0 Å². The van der Waals surface area contributed by atoms with Crippen LogP contribution in [0.1, 0.15) is 0 Å². The Morgan fingerprint density at radius 3 is 1.00 bits per heavy atom. The summed E-state index contributed by atoms with van der Waals surface area (Å²) in [5.41, 5.74) is 0. The molecule has 27 valence electrons. The van der Waals surface area contributed by atoms with E-state index in [0.29, 0.717) is 0 Å². The van der Waals surface area contributed by atoms with Crippen molar-refractivity contribution >= 4 is 71.2 Å². The molecule has 0 fully saturated rings. The molecule has 0 saturated carbocycles. The van der Waals surface area contributed by atoms with Gasteiger partial charge < -0.3 is 0 Å². The summed E-state index contributed by atoms with van der Waals surface area (Å²) in [5, 5.41) is 0. The van der Waals surface area contributed by atoms with Crippen LogP contribution < -0.4 is 0 Å². The molecule has 0 unspecified atom stereocenters. The third-order valence-electron chi connectivity index (χ3n) is 0. The van der Waals surface area contributed by atoms with Gasteiger partial charge in [0.2, 0.25) is 0 Å². The van der Waals surface area contributed by atoms with Gasteiger partial charge in [-0.1, -0.05) is 0 Å². The van der Waals surface area contributed by atoms with E-state index in [1.165, 1.54) is 0 Å². The van der Waals surface area contributed by atoms with E-state index in [2.05, 4.69) is 0 Å². The Kier molecular flexibility index (Phi) is 13.4. The van der Waals surface area contributed by atoms with E-state index in [0.717, 1.165) is 0 Å². The molecule has 5 heteroatoms. The van der Waals surface area contributed by atoms with Crippen LogP contribution in [0.4, 0.5) is 0 Å². The summed E-state index contributed by atoms with van der Waals surface area (Å²) in [6.07, 6.45) is 0. The molecular weight excluding hydrogens is 204 g/mol. The van der Waals surface area contributed by atoms with E-state index in [-0.39, 0.29) is 29.6 Å². The van der Waals surface area contributed by atoms with Crippen molar-refractivity contribution in [3.63, 3.8) is 0 Å². The Labute approximate surface area is 70.2 Å². The van der Waals surface area contributed by atoms with E-state index in [1.807, 2.05) is 0 Å². The van der Waals surface area contributed by atoms with Gasteiger partial charge >= 0.3 is 41.7 Å². The molecule has 0 aliphatic rings. The fraction of sp³-hybridized carbons (Fsp3) is 0. The fourth-order valence-electron chi connectivity index (χ4n) is 0. The number of hydrogen-bond acceptors (Lipinski definition) is 0. The van der Waals surface area contributed by atoms with Gasteiger partial charge in [0.25, 0.3) is 0 Å². The molecule has 0 nitrogen and oxygen atoms in total. The quantitative estimate of drug-likeness (QED) is 0.522. The average Bonchev–Trinajstić information content (AvgIpc) is 0.811. The molecule has 0 bridgehead atoms. The van der Waals surface area contributed by atoms with Crippen molar-refractivity contribution in [1.29, 1.82) is 0 Å². The average molecular weight is 204 g/mol. The van der Waals surface area contributed by atoms with Gasteiger partial charge in [0.05, 0.1) is 0 Å². The Hall–Kier alpha value is 2.43. The maximum Gasteiger partial charge on any atom is 0 e. The zero-order chi connectivity index (χ0) is 3.58. The topological polar surface area (TPSA) is 0 Å². The first-order valence-corrected chi connectivity index (χ1v) is 7.90. The van der Waals surface area contributed by atoms with Gasteiger partial charge in [-0.15, -0.1) is 0 Å². The summed E-state index contributed by atoms with van der Waals surface area (Å²) in [4.78, 5) is 0. The van der Waals surface area contributed by atoms with Crippen LogP contribution in [0.25, 0.3) is 0 Å². The van der Waals surface area contributed by atoms with Gasteiger partial charge in [0, 0.05) is 29.6 Å². The van der Waals surface area contributed by atoms with Crippen LogP contribution >= 0.6 is 29.8 Å². The minimum atomic E-state index is -1.77. The zero-order valence-corrected chi connectivity index (χ0v) is 8.73.